The molecule has 0 aromatic rings. The largest absolute Gasteiger partial charge is 0.460 e. The molecule has 0 aliphatic rings. The van der Waals surface area contributed by atoms with Crippen LogP contribution >= 0.6 is 0 Å². The highest BCUT2D eigenvalue weighted by Gasteiger charge is 2.35. The van der Waals surface area contributed by atoms with Gasteiger partial charge in [-0.15, -0.1) is 0 Å². The van der Waals surface area contributed by atoms with Gasteiger partial charge in [0.05, 0.1) is 5.41 Å². The van der Waals surface area contributed by atoms with E-state index in [4.69, 9.17) is 4.74 Å². The molecule has 0 heterocycles. The van der Waals surface area contributed by atoms with Crippen molar-refractivity contribution < 1.29 is 9.53 Å². The van der Waals surface area contributed by atoms with Crippen LogP contribution in [0.5, 0.6) is 0 Å². The molecule has 15 heavy (non-hydrogen) atoms. The minimum atomic E-state index is -0.375. The number of carbonyl (C=O) groups is 1. The van der Waals surface area contributed by atoms with Crippen LogP contribution in [0.2, 0.25) is 0 Å². The van der Waals surface area contributed by atoms with Crippen molar-refractivity contribution in [3.05, 3.63) is 0 Å². The van der Waals surface area contributed by atoms with Gasteiger partial charge in [-0.3, -0.25) is 4.79 Å². The van der Waals surface area contributed by atoms with Crippen molar-refractivity contribution in [1.82, 2.24) is 0 Å². The van der Waals surface area contributed by atoms with Crippen LogP contribution in [0.3, 0.4) is 0 Å². The second-order valence-electron chi connectivity index (χ2n) is 5.56. The molecule has 0 aromatic heterocycles. The molecule has 0 rings (SSSR count). The molecule has 0 unspecified atom stereocenters. The molecule has 0 bridgehead atoms. The smallest absolute Gasteiger partial charge is 0.312 e. The Balaban J connectivity index is 4.55. The van der Waals surface area contributed by atoms with Crippen LogP contribution in [0, 0.1) is 5.41 Å². The molecule has 2 nitrogen and oxygen atoms in total. The molecule has 0 aliphatic heterocycles. The molecule has 0 spiro atoms. The first-order chi connectivity index (χ1) is 6.75. The number of carbonyl (C=O) groups excluding carboxylic acids is 1. The summed E-state index contributed by atoms with van der Waals surface area (Å²) in [6.07, 6.45) is 3.87. The molecular weight excluding hydrogens is 188 g/mol. The summed E-state index contributed by atoms with van der Waals surface area (Å²) < 4.78 is 5.47. The molecule has 0 atom stereocenters. The summed E-state index contributed by atoms with van der Waals surface area (Å²) in [6, 6.07) is 0. The van der Waals surface area contributed by atoms with Crippen molar-refractivity contribution in [2.24, 2.45) is 5.41 Å². The maximum atomic E-state index is 12.0. The van der Waals surface area contributed by atoms with Crippen LogP contribution in [0.1, 0.15) is 67.2 Å². The summed E-state index contributed by atoms with van der Waals surface area (Å²) in [5.74, 6) is -0.0429. The van der Waals surface area contributed by atoms with Gasteiger partial charge in [0.1, 0.15) is 5.60 Å². The van der Waals surface area contributed by atoms with Crippen LogP contribution in [0.15, 0.2) is 0 Å². The molecule has 0 amide bonds. The third-order valence-corrected chi connectivity index (χ3v) is 2.50. The van der Waals surface area contributed by atoms with E-state index < -0.39 is 0 Å². The molecule has 0 fully saturated rings. The number of esters is 1. The lowest BCUT2D eigenvalue weighted by molar-refractivity contribution is -0.167. The summed E-state index contributed by atoms with van der Waals surface area (Å²) in [4.78, 5) is 12.0. The lowest BCUT2D eigenvalue weighted by atomic mass is 9.81. The first-order valence-corrected chi connectivity index (χ1v) is 5.98. The Morgan fingerprint density at radius 1 is 1.00 bits per heavy atom. The number of rotatable bonds is 5. The molecular formula is C13H26O2. The lowest BCUT2D eigenvalue weighted by Gasteiger charge is -2.31. The number of hydrogen-bond acceptors (Lipinski definition) is 2. The van der Waals surface area contributed by atoms with Crippen LogP contribution in [-0.4, -0.2) is 11.6 Å². The average molecular weight is 214 g/mol. The van der Waals surface area contributed by atoms with E-state index in [1.165, 1.54) is 0 Å². The average Bonchev–Trinajstić information content (AvgIpc) is 2.01. The first-order valence-electron chi connectivity index (χ1n) is 5.98. The molecule has 0 radical (unpaired) electrons. The Morgan fingerprint density at radius 2 is 1.40 bits per heavy atom. The number of hydrogen-bond donors (Lipinski definition) is 0. The Labute approximate surface area is 94.4 Å². The maximum absolute atomic E-state index is 12.0. The molecule has 0 saturated carbocycles. The maximum Gasteiger partial charge on any atom is 0.312 e. The predicted molar refractivity (Wildman–Crippen MR) is 63.8 cm³/mol. The predicted octanol–water partition coefficient (Wildman–Crippen LogP) is 3.93. The second kappa shape index (κ2) is 5.53. The molecule has 0 saturated heterocycles. The Hall–Kier alpha value is -0.530. The van der Waals surface area contributed by atoms with E-state index in [0.29, 0.717) is 0 Å². The summed E-state index contributed by atoms with van der Waals surface area (Å²) in [5, 5.41) is 0. The van der Waals surface area contributed by atoms with E-state index in [2.05, 4.69) is 13.8 Å². The zero-order valence-electron chi connectivity index (χ0n) is 11.1. The lowest BCUT2D eigenvalue weighted by Crippen LogP contribution is -2.35. The standard InChI is InChI=1S/C13H26O2/c1-7-9-13(6,10-8-2)11(14)15-12(3,4)5/h7-10H2,1-6H3. The third-order valence-electron chi connectivity index (χ3n) is 2.50. The van der Waals surface area contributed by atoms with Gasteiger partial charge in [0.2, 0.25) is 0 Å². The highest BCUT2D eigenvalue weighted by molar-refractivity contribution is 5.76. The highest BCUT2D eigenvalue weighted by Crippen LogP contribution is 2.32. The Bertz CT molecular complexity index is 195. The fraction of sp³-hybridized carbons (Fsp3) is 0.923. The van der Waals surface area contributed by atoms with Crippen LogP contribution < -0.4 is 0 Å². The van der Waals surface area contributed by atoms with Gasteiger partial charge in [-0.2, -0.15) is 0 Å². The van der Waals surface area contributed by atoms with Crippen molar-refractivity contribution in [3.8, 4) is 0 Å². The zero-order valence-corrected chi connectivity index (χ0v) is 11.1. The van der Waals surface area contributed by atoms with Gasteiger partial charge >= 0.3 is 5.97 Å². The summed E-state index contributed by atoms with van der Waals surface area (Å²) >= 11 is 0. The molecule has 90 valence electrons. The fourth-order valence-electron chi connectivity index (χ4n) is 1.83. The van der Waals surface area contributed by atoms with Gasteiger partial charge in [0, 0.05) is 0 Å². The third kappa shape index (κ3) is 5.19. The first kappa shape index (κ1) is 14.5. The highest BCUT2D eigenvalue weighted by atomic mass is 16.6. The van der Waals surface area contributed by atoms with Crippen LogP contribution in [0.25, 0.3) is 0 Å². The van der Waals surface area contributed by atoms with Crippen LogP contribution in [0.4, 0.5) is 0 Å². The van der Waals surface area contributed by atoms with E-state index >= 15 is 0 Å². The molecule has 0 aromatic carbocycles. The van der Waals surface area contributed by atoms with Crippen LogP contribution in [-0.2, 0) is 9.53 Å². The molecule has 2 heteroatoms. The second-order valence-corrected chi connectivity index (χ2v) is 5.56. The topological polar surface area (TPSA) is 26.3 Å². The Kier molecular flexibility index (Phi) is 5.33. The Morgan fingerprint density at radius 3 is 1.67 bits per heavy atom. The van der Waals surface area contributed by atoms with Gasteiger partial charge < -0.3 is 4.74 Å². The minimum Gasteiger partial charge on any atom is -0.460 e. The monoisotopic (exact) mass is 214 g/mol. The fourth-order valence-corrected chi connectivity index (χ4v) is 1.83. The van der Waals surface area contributed by atoms with Crippen molar-refractivity contribution >= 4 is 5.97 Å². The van der Waals surface area contributed by atoms with Gasteiger partial charge in [-0.1, -0.05) is 26.7 Å². The van der Waals surface area contributed by atoms with E-state index in [-0.39, 0.29) is 17.0 Å². The number of ether oxygens (including phenoxy) is 1. The summed E-state index contributed by atoms with van der Waals surface area (Å²) in [7, 11) is 0. The molecule has 0 aliphatic carbocycles. The van der Waals surface area contributed by atoms with Gasteiger partial charge in [-0.05, 0) is 40.5 Å². The van der Waals surface area contributed by atoms with E-state index in [1.54, 1.807) is 0 Å². The van der Waals surface area contributed by atoms with E-state index in [9.17, 15) is 4.79 Å². The summed E-state index contributed by atoms with van der Waals surface area (Å²) in [6.45, 7) is 12.0. The van der Waals surface area contributed by atoms with Crippen molar-refractivity contribution in [2.45, 2.75) is 72.8 Å². The van der Waals surface area contributed by atoms with Crippen molar-refractivity contribution in [1.29, 1.82) is 0 Å². The normalized spacial score (nSPS) is 12.7. The zero-order chi connectivity index (χ0) is 12.1. The van der Waals surface area contributed by atoms with E-state index in [1.807, 2.05) is 27.7 Å². The van der Waals surface area contributed by atoms with Crippen molar-refractivity contribution in [2.75, 3.05) is 0 Å². The summed E-state index contributed by atoms with van der Waals surface area (Å²) in [5.41, 5.74) is -0.670. The van der Waals surface area contributed by atoms with E-state index in [0.717, 1.165) is 25.7 Å². The molecule has 0 N–H and O–H groups in total. The quantitative estimate of drug-likeness (QED) is 0.648. The SMILES string of the molecule is CCCC(C)(CCC)C(=O)OC(C)(C)C. The van der Waals surface area contributed by atoms with Gasteiger partial charge in [-0.25, -0.2) is 0 Å². The van der Waals surface area contributed by atoms with Gasteiger partial charge in [0.25, 0.3) is 0 Å². The van der Waals surface area contributed by atoms with Gasteiger partial charge in [0.15, 0.2) is 0 Å². The minimum absolute atomic E-state index is 0.0429. The van der Waals surface area contributed by atoms with Crippen molar-refractivity contribution in [3.63, 3.8) is 0 Å².